The summed E-state index contributed by atoms with van der Waals surface area (Å²) in [5, 5.41) is 0. The Morgan fingerprint density at radius 1 is 1.22 bits per heavy atom. The van der Waals surface area contributed by atoms with Gasteiger partial charge in [-0.2, -0.15) is 0 Å². The summed E-state index contributed by atoms with van der Waals surface area (Å²) in [5.74, 6) is 0.136. The van der Waals surface area contributed by atoms with Crippen molar-refractivity contribution in [3.05, 3.63) is 52.6 Å². The van der Waals surface area contributed by atoms with Crippen molar-refractivity contribution in [2.45, 2.75) is 34.2 Å². The number of benzene rings is 1. The standard InChI is InChI=1S/C15H18N2O/c1-10-5-6-11(2)14(7-10)15(18)8-17-9-16-12(3)13(17)4/h5-7,9H,8H2,1-4H3. The van der Waals surface area contributed by atoms with Gasteiger partial charge in [0.1, 0.15) is 0 Å². The molecule has 0 unspecified atom stereocenters. The van der Waals surface area contributed by atoms with Gasteiger partial charge in [0.05, 0.1) is 18.6 Å². The summed E-state index contributed by atoms with van der Waals surface area (Å²) < 4.78 is 1.90. The van der Waals surface area contributed by atoms with Crippen molar-refractivity contribution in [2.75, 3.05) is 0 Å². The highest BCUT2D eigenvalue weighted by Gasteiger charge is 2.12. The molecule has 1 aromatic heterocycles. The first-order valence-electron chi connectivity index (χ1n) is 6.08. The van der Waals surface area contributed by atoms with E-state index in [-0.39, 0.29) is 5.78 Å². The number of hydrogen-bond acceptors (Lipinski definition) is 2. The topological polar surface area (TPSA) is 34.9 Å². The Morgan fingerprint density at radius 3 is 2.56 bits per heavy atom. The van der Waals surface area contributed by atoms with Crippen LogP contribution in [0.5, 0.6) is 0 Å². The van der Waals surface area contributed by atoms with E-state index in [1.807, 2.05) is 50.5 Å². The first-order valence-corrected chi connectivity index (χ1v) is 6.08. The summed E-state index contributed by atoms with van der Waals surface area (Å²) in [5.41, 5.74) is 4.97. The van der Waals surface area contributed by atoms with E-state index in [0.717, 1.165) is 28.1 Å². The van der Waals surface area contributed by atoms with Crippen LogP contribution in [0.3, 0.4) is 0 Å². The van der Waals surface area contributed by atoms with Gasteiger partial charge in [-0.25, -0.2) is 4.98 Å². The van der Waals surface area contributed by atoms with Gasteiger partial charge in [-0.15, -0.1) is 0 Å². The molecule has 0 amide bonds. The minimum absolute atomic E-state index is 0.136. The molecule has 0 bridgehead atoms. The number of Topliss-reactive ketones (excluding diaryl/α,β-unsaturated/α-hetero) is 1. The molecule has 0 aliphatic carbocycles. The summed E-state index contributed by atoms with van der Waals surface area (Å²) in [6, 6.07) is 5.98. The van der Waals surface area contributed by atoms with Crippen molar-refractivity contribution >= 4 is 5.78 Å². The van der Waals surface area contributed by atoms with Crippen LogP contribution in [0, 0.1) is 27.7 Å². The molecule has 18 heavy (non-hydrogen) atoms. The minimum atomic E-state index is 0.136. The average Bonchev–Trinajstić information content (AvgIpc) is 2.64. The highest BCUT2D eigenvalue weighted by molar-refractivity contribution is 5.97. The third-order valence-corrected chi connectivity index (χ3v) is 3.35. The third kappa shape index (κ3) is 2.35. The monoisotopic (exact) mass is 242 g/mol. The van der Waals surface area contributed by atoms with E-state index in [9.17, 15) is 4.79 Å². The Labute approximate surface area is 107 Å². The molecule has 2 aromatic rings. The van der Waals surface area contributed by atoms with Crippen molar-refractivity contribution in [1.29, 1.82) is 0 Å². The van der Waals surface area contributed by atoms with Crippen LogP contribution in [0.25, 0.3) is 0 Å². The fourth-order valence-corrected chi connectivity index (χ4v) is 1.98. The Balaban J connectivity index is 2.27. The molecule has 0 spiro atoms. The van der Waals surface area contributed by atoms with Crippen LogP contribution in [-0.4, -0.2) is 15.3 Å². The summed E-state index contributed by atoms with van der Waals surface area (Å²) in [6.45, 7) is 8.27. The third-order valence-electron chi connectivity index (χ3n) is 3.35. The quantitative estimate of drug-likeness (QED) is 0.775. The van der Waals surface area contributed by atoms with Crippen LogP contribution in [0.15, 0.2) is 24.5 Å². The Hall–Kier alpha value is -1.90. The summed E-state index contributed by atoms with van der Waals surface area (Å²) >= 11 is 0. The lowest BCUT2D eigenvalue weighted by Crippen LogP contribution is -2.12. The zero-order valence-corrected chi connectivity index (χ0v) is 11.3. The predicted molar refractivity (Wildman–Crippen MR) is 71.9 cm³/mol. The second kappa shape index (κ2) is 4.77. The minimum Gasteiger partial charge on any atom is -0.327 e. The number of hydrogen-bond donors (Lipinski definition) is 0. The fourth-order valence-electron chi connectivity index (χ4n) is 1.98. The van der Waals surface area contributed by atoms with Gasteiger partial charge in [0.25, 0.3) is 0 Å². The fraction of sp³-hybridized carbons (Fsp3) is 0.333. The van der Waals surface area contributed by atoms with Gasteiger partial charge in [-0.05, 0) is 39.3 Å². The van der Waals surface area contributed by atoms with Crippen molar-refractivity contribution < 1.29 is 4.79 Å². The van der Waals surface area contributed by atoms with E-state index >= 15 is 0 Å². The SMILES string of the molecule is Cc1ccc(C)c(C(=O)Cn2cnc(C)c2C)c1. The second-order valence-electron chi connectivity index (χ2n) is 4.78. The molecule has 94 valence electrons. The number of aryl methyl sites for hydroxylation is 3. The van der Waals surface area contributed by atoms with Crippen LogP contribution in [0.1, 0.15) is 32.9 Å². The molecule has 0 saturated heterocycles. The molecular formula is C15H18N2O. The highest BCUT2D eigenvalue weighted by Crippen LogP contribution is 2.13. The maximum Gasteiger partial charge on any atom is 0.182 e. The van der Waals surface area contributed by atoms with Gasteiger partial charge < -0.3 is 4.57 Å². The van der Waals surface area contributed by atoms with Crippen LogP contribution in [0.2, 0.25) is 0 Å². The van der Waals surface area contributed by atoms with Crippen molar-refractivity contribution in [2.24, 2.45) is 0 Å². The molecule has 0 radical (unpaired) electrons. The number of nitrogens with zero attached hydrogens (tertiary/aromatic N) is 2. The molecule has 0 aliphatic heterocycles. The van der Waals surface area contributed by atoms with E-state index < -0.39 is 0 Å². The molecule has 0 atom stereocenters. The number of imidazole rings is 1. The van der Waals surface area contributed by atoms with Crippen LogP contribution >= 0.6 is 0 Å². The zero-order valence-electron chi connectivity index (χ0n) is 11.3. The maximum atomic E-state index is 12.3. The van der Waals surface area contributed by atoms with E-state index in [0.29, 0.717) is 6.54 Å². The van der Waals surface area contributed by atoms with Crippen molar-refractivity contribution in [3.8, 4) is 0 Å². The molecule has 3 nitrogen and oxygen atoms in total. The zero-order chi connectivity index (χ0) is 13.3. The Morgan fingerprint density at radius 2 is 1.94 bits per heavy atom. The lowest BCUT2D eigenvalue weighted by molar-refractivity contribution is 0.0970. The normalized spacial score (nSPS) is 10.7. The molecule has 1 heterocycles. The first kappa shape index (κ1) is 12.6. The van der Waals surface area contributed by atoms with Gasteiger partial charge in [-0.3, -0.25) is 4.79 Å². The van der Waals surface area contributed by atoms with E-state index in [4.69, 9.17) is 0 Å². The number of aromatic nitrogens is 2. The van der Waals surface area contributed by atoms with Gasteiger partial charge in [0.15, 0.2) is 5.78 Å². The smallest absolute Gasteiger partial charge is 0.182 e. The molecular weight excluding hydrogens is 224 g/mol. The molecule has 1 aromatic carbocycles. The number of rotatable bonds is 3. The van der Waals surface area contributed by atoms with Crippen LogP contribution < -0.4 is 0 Å². The molecule has 2 rings (SSSR count). The summed E-state index contributed by atoms with van der Waals surface area (Å²) in [6.07, 6.45) is 1.73. The molecule has 0 saturated carbocycles. The van der Waals surface area contributed by atoms with Crippen LogP contribution in [-0.2, 0) is 6.54 Å². The summed E-state index contributed by atoms with van der Waals surface area (Å²) in [4.78, 5) is 16.5. The van der Waals surface area contributed by atoms with Crippen LogP contribution in [0.4, 0.5) is 0 Å². The van der Waals surface area contributed by atoms with E-state index in [2.05, 4.69) is 4.98 Å². The Kier molecular flexibility index (Phi) is 3.32. The van der Waals surface area contributed by atoms with Gasteiger partial charge in [0, 0.05) is 11.3 Å². The largest absolute Gasteiger partial charge is 0.327 e. The lowest BCUT2D eigenvalue weighted by atomic mass is 10.0. The van der Waals surface area contributed by atoms with Crippen molar-refractivity contribution in [1.82, 2.24) is 9.55 Å². The molecule has 0 aliphatic rings. The Bertz CT molecular complexity index is 597. The average molecular weight is 242 g/mol. The molecule has 0 N–H and O–H groups in total. The number of carbonyl (C=O) groups excluding carboxylic acids is 1. The van der Waals surface area contributed by atoms with Gasteiger partial charge in [-0.1, -0.05) is 17.7 Å². The van der Waals surface area contributed by atoms with Crippen molar-refractivity contribution in [3.63, 3.8) is 0 Å². The summed E-state index contributed by atoms with van der Waals surface area (Å²) in [7, 11) is 0. The number of ketones is 1. The van der Waals surface area contributed by atoms with Gasteiger partial charge >= 0.3 is 0 Å². The first-order chi connectivity index (χ1) is 8.49. The van der Waals surface area contributed by atoms with Gasteiger partial charge in [0.2, 0.25) is 0 Å². The van der Waals surface area contributed by atoms with E-state index in [1.165, 1.54) is 0 Å². The molecule has 3 heteroatoms. The van der Waals surface area contributed by atoms with E-state index in [1.54, 1.807) is 6.33 Å². The highest BCUT2D eigenvalue weighted by atomic mass is 16.1. The second-order valence-corrected chi connectivity index (χ2v) is 4.78. The lowest BCUT2D eigenvalue weighted by Gasteiger charge is -2.08. The number of carbonyl (C=O) groups is 1. The predicted octanol–water partition coefficient (Wildman–Crippen LogP) is 3.00. The maximum absolute atomic E-state index is 12.3. The molecule has 0 fully saturated rings.